The highest BCUT2D eigenvalue weighted by molar-refractivity contribution is 9.10. The summed E-state index contributed by atoms with van der Waals surface area (Å²) in [6, 6.07) is 1.78. The SMILES string of the molecule is Nc1cnc(CCl)c(Br)c1. The summed E-state index contributed by atoms with van der Waals surface area (Å²) in [4.78, 5) is 3.99. The van der Waals surface area contributed by atoms with E-state index in [0.29, 0.717) is 11.6 Å². The van der Waals surface area contributed by atoms with Gasteiger partial charge in [0.05, 0.1) is 23.5 Å². The summed E-state index contributed by atoms with van der Waals surface area (Å²) in [6.07, 6.45) is 1.59. The average molecular weight is 221 g/mol. The van der Waals surface area contributed by atoms with E-state index in [4.69, 9.17) is 17.3 Å². The molecule has 0 spiro atoms. The number of halogens is 2. The van der Waals surface area contributed by atoms with Gasteiger partial charge >= 0.3 is 0 Å². The zero-order chi connectivity index (χ0) is 7.56. The molecule has 0 amide bonds. The summed E-state index contributed by atoms with van der Waals surface area (Å²) < 4.78 is 0.863. The van der Waals surface area contributed by atoms with Crippen LogP contribution in [0.25, 0.3) is 0 Å². The zero-order valence-corrected chi connectivity index (χ0v) is 7.48. The number of nitrogen functional groups attached to an aromatic ring is 1. The van der Waals surface area contributed by atoms with E-state index >= 15 is 0 Å². The van der Waals surface area contributed by atoms with Crippen molar-refractivity contribution < 1.29 is 0 Å². The normalized spacial score (nSPS) is 9.80. The van der Waals surface area contributed by atoms with Crippen molar-refractivity contribution in [2.75, 3.05) is 5.73 Å². The van der Waals surface area contributed by atoms with Crippen molar-refractivity contribution in [3.8, 4) is 0 Å². The third-order valence-electron chi connectivity index (χ3n) is 1.07. The van der Waals surface area contributed by atoms with Gasteiger partial charge in [0.1, 0.15) is 0 Å². The molecule has 1 heterocycles. The van der Waals surface area contributed by atoms with Crippen molar-refractivity contribution >= 4 is 33.2 Å². The van der Waals surface area contributed by atoms with Gasteiger partial charge in [-0.25, -0.2) is 0 Å². The first-order valence-corrected chi connectivity index (χ1v) is 4.02. The first kappa shape index (κ1) is 7.82. The predicted molar refractivity (Wildman–Crippen MR) is 45.9 cm³/mol. The van der Waals surface area contributed by atoms with Crippen LogP contribution in [-0.4, -0.2) is 4.98 Å². The fraction of sp³-hybridized carbons (Fsp3) is 0.167. The Balaban J connectivity index is 3.07. The molecule has 1 aromatic heterocycles. The van der Waals surface area contributed by atoms with Gasteiger partial charge in [-0.2, -0.15) is 0 Å². The molecule has 0 unspecified atom stereocenters. The highest BCUT2D eigenvalue weighted by Gasteiger charge is 1.98. The molecule has 2 N–H and O–H groups in total. The molecule has 0 aromatic carbocycles. The van der Waals surface area contributed by atoms with Gasteiger partial charge in [0.2, 0.25) is 0 Å². The minimum absolute atomic E-state index is 0.404. The van der Waals surface area contributed by atoms with Crippen molar-refractivity contribution in [2.24, 2.45) is 0 Å². The van der Waals surface area contributed by atoms with E-state index in [1.54, 1.807) is 12.3 Å². The van der Waals surface area contributed by atoms with Gasteiger partial charge in [-0.1, -0.05) is 0 Å². The molecular formula is C6H6BrClN2. The van der Waals surface area contributed by atoms with Crippen LogP contribution >= 0.6 is 27.5 Å². The number of hydrogen-bond acceptors (Lipinski definition) is 2. The van der Waals surface area contributed by atoms with Crippen LogP contribution in [0.5, 0.6) is 0 Å². The molecule has 54 valence electrons. The molecule has 0 saturated heterocycles. The van der Waals surface area contributed by atoms with E-state index in [0.717, 1.165) is 10.2 Å². The monoisotopic (exact) mass is 220 g/mol. The van der Waals surface area contributed by atoms with Crippen LogP contribution in [0.3, 0.4) is 0 Å². The van der Waals surface area contributed by atoms with Crippen LogP contribution in [0.1, 0.15) is 5.69 Å². The second-order valence-electron chi connectivity index (χ2n) is 1.83. The fourth-order valence-corrected chi connectivity index (χ4v) is 1.46. The number of anilines is 1. The fourth-order valence-electron chi connectivity index (χ4n) is 0.579. The van der Waals surface area contributed by atoms with E-state index in [2.05, 4.69) is 20.9 Å². The van der Waals surface area contributed by atoms with Crippen molar-refractivity contribution in [3.05, 3.63) is 22.4 Å². The first-order valence-electron chi connectivity index (χ1n) is 2.70. The Morgan fingerprint density at radius 2 is 2.40 bits per heavy atom. The van der Waals surface area contributed by atoms with Gasteiger partial charge in [0, 0.05) is 4.47 Å². The van der Waals surface area contributed by atoms with E-state index in [1.807, 2.05) is 0 Å². The summed E-state index contributed by atoms with van der Waals surface area (Å²) in [5.74, 6) is 0.404. The minimum atomic E-state index is 0.404. The topological polar surface area (TPSA) is 38.9 Å². The summed E-state index contributed by atoms with van der Waals surface area (Å²) >= 11 is 8.83. The molecule has 4 heteroatoms. The lowest BCUT2D eigenvalue weighted by molar-refractivity contribution is 1.15. The van der Waals surface area contributed by atoms with Gasteiger partial charge < -0.3 is 5.73 Å². The van der Waals surface area contributed by atoms with Crippen molar-refractivity contribution in [1.82, 2.24) is 4.98 Å². The molecule has 0 aliphatic rings. The molecule has 0 aliphatic heterocycles. The lowest BCUT2D eigenvalue weighted by Crippen LogP contribution is -1.91. The maximum Gasteiger partial charge on any atom is 0.0694 e. The molecule has 2 nitrogen and oxygen atoms in total. The van der Waals surface area contributed by atoms with Gasteiger partial charge in [0.15, 0.2) is 0 Å². The van der Waals surface area contributed by atoms with Crippen LogP contribution in [0.2, 0.25) is 0 Å². The standard InChI is InChI=1S/C6H6BrClN2/c7-5-1-4(9)3-10-6(5)2-8/h1,3H,2,9H2. The highest BCUT2D eigenvalue weighted by Crippen LogP contribution is 2.18. The van der Waals surface area contributed by atoms with E-state index in [9.17, 15) is 0 Å². The maximum absolute atomic E-state index is 5.55. The quantitative estimate of drug-likeness (QED) is 0.738. The summed E-state index contributed by atoms with van der Waals surface area (Å²) in [6.45, 7) is 0. The number of nitrogens with zero attached hydrogens (tertiary/aromatic N) is 1. The van der Waals surface area contributed by atoms with Crippen molar-refractivity contribution in [2.45, 2.75) is 5.88 Å². The Kier molecular flexibility index (Phi) is 2.51. The Morgan fingerprint density at radius 3 is 2.90 bits per heavy atom. The number of hydrogen-bond donors (Lipinski definition) is 1. The predicted octanol–water partition coefficient (Wildman–Crippen LogP) is 2.17. The Morgan fingerprint density at radius 1 is 1.70 bits per heavy atom. The summed E-state index contributed by atoms with van der Waals surface area (Å²) in [7, 11) is 0. The van der Waals surface area contributed by atoms with Crippen LogP contribution in [0, 0.1) is 0 Å². The van der Waals surface area contributed by atoms with Gasteiger partial charge in [0.25, 0.3) is 0 Å². The Bertz CT molecular complexity index is 239. The van der Waals surface area contributed by atoms with E-state index in [1.165, 1.54) is 0 Å². The summed E-state index contributed by atoms with van der Waals surface area (Å²) in [5.41, 5.74) is 6.90. The van der Waals surface area contributed by atoms with Crippen molar-refractivity contribution in [1.29, 1.82) is 0 Å². The molecule has 0 radical (unpaired) electrons. The largest absolute Gasteiger partial charge is 0.397 e. The lowest BCUT2D eigenvalue weighted by Gasteiger charge is -1.98. The third kappa shape index (κ3) is 1.61. The molecule has 1 aromatic rings. The molecule has 1 rings (SSSR count). The number of aromatic nitrogens is 1. The van der Waals surface area contributed by atoms with Gasteiger partial charge in [-0.15, -0.1) is 11.6 Å². The summed E-state index contributed by atoms with van der Waals surface area (Å²) in [5, 5.41) is 0. The van der Waals surface area contributed by atoms with Crippen LogP contribution in [0.4, 0.5) is 5.69 Å². The Labute approximate surface area is 72.5 Å². The number of pyridine rings is 1. The van der Waals surface area contributed by atoms with E-state index in [-0.39, 0.29) is 0 Å². The molecule has 0 atom stereocenters. The van der Waals surface area contributed by atoms with E-state index < -0.39 is 0 Å². The van der Waals surface area contributed by atoms with Crippen LogP contribution < -0.4 is 5.73 Å². The molecule has 0 saturated carbocycles. The second-order valence-corrected chi connectivity index (χ2v) is 2.95. The molecular weight excluding hydrogens is 215 g/mol. The first-order chi connectivity index (χ1) is 4.74. The Hall–Kier alpha value is -0.280. The molecule has 10 heavy (non-hydrogen) atoms. The van der Waals surface area contributed by atoms with Gasteiger partial charge in [-0.3, -0.25) is 4.98 Å². The number of nitrogens with two attached hydrogens (primary N) is 1. The van der Waals surface area contributed by atoms with Crippen LogP contribution in [0.15, 0.2) is 16.7 Å². The zero-order valence-electron chi connectivity index (χ0n) is 5.14. The molecule has 0 fully saturated rings. The third-order valence-corrected chi connectivity index (χ3v) is 2.00. The number of alkyl halides is 1. The van der Waals surface area contributed by atoms with Crippen LogP contribution in [-0.2, 0) is 5.88 Å². The average Bonchev–Trinajstić information content (AvgIpc) is 1.88. The molecule has 0 bridgehead atoms. The smallest absolute Gasteiger partial charge is 0.0694 e. The second kappa shape index (κ2) is 3.21. The number of rotatable bonds is 1. The molecule has 0 aliphatic carbocycles. The maximum atomic E-state index is 5.55. The highest BCUT2D eigenvalue weighted by atomic mass is 79.9. The van der Waals surface area contributed by atoms with Gasteiger partial charge in [-0.05, 0) is 22.0 Å². The van der Waals surface area contributed by atoms with Crippen molar-refractivity contribution in [3.63, 3.8) is 0 Å². The minimum Gasteiger partial charge on any atom is -0.397 e. The lowest BCUT2D eigenvalue weighted by atomic mass is 10.3.